The molecule has 7 heteroatoms. The molecule has 0 heterocycles. The molecule has 1 fully saturated rings. The van der Waals surface area contributed by atoms with Gasteiger partial charge in [-0.25, -0.2) is 9.18 Å². The zero-order chi connectivity index (χ0) is 22.4. The van der Waals surface area contributed by atoms with Crippen molar-refractivity contribution in [1.29, 1.82) is 0 Å². The van der Waals surface area contributed by atoms with E-state index in [0.29, 0.717) is 17.9 Å². The van der Waals surface area contributed by atoms with Crippen LogP contribution in [0.1, 0.15) is 52.0 Å². The van der Waals surface area contributed by atoms with E-state index >= 15 is 4.39 Å². The van der Waals surface area contributed by atoms with Crippen LogP contribution >= 0.6 is 11.6 Å². The van der Waals surface area contributed by atoms with E-state index in [1.165, 1.54) is 0 Å². The third-order valence-corrected chi connectivity index (χ3v) is 5.42. The highest BCUT2D eigenvalue weighted by Crippen LogP contribution is 2.34. The van der Waals surface area contributed by atoms with Crippen molar-refractivity contribution in [1.82, 2.24) is 10.6 Å². The number of rotatable bonds is 6. The van der Waals surface area contributed by atoms with Gasteiger partial charge >= 0.3 is 6.09 Å². The van der Waals surface area contributed by atoms with Crippen molar-refractivity contribution < 1.29 is 18.7 Å². The van der Waals surface area contributed by atoms with Gasteiger partial charge in [-0.1, -0.05) is 35.9 Å². The Bertz CT molecular complexity index is 878. The van der Waals surface area contributed by atoms with E-state index in [0.717, 1.165) is 25.7 Å². The Balaban J connectivity index is 1.51. The first-order chi connectivity index (χ1) is 14.7. The summed E-state index contributed by atoms with van der Waals surface area (Å²) in [6.45, 7) is 5.92. The van der Waals surface area contributed by atoms with Crippen LogP contribution in [0.2, 0.25) is 5.02 Å². The summed E-state index contributed by atoms with van der Waals surface area (Å²) in [5, 5.41) is 6.59. The normalized spacial score (nSPS) is 19.0. The van der Waals surface area contributed by atoms with Crippen molar-refractivity contribution in [3.63, 3.8) is 0 Å². The molecule has 3 rings (SSSR count). The van der Waals surface area contributed by atoms with Crippen molar-refractivity contribution in [2.45, 2.75) is 70.7 Å². The summed E-state index contributed by atoms with van der Waals surface area (Å²) < 4.78 is 26.0. The maximum Gasteiger partial charge on any atom is 0.407 e. The van der Waals surface area contributed by atoms with Gasteiger partial charge in [-0.2, -0.15) is 0 Å². The molecular weight excluding hydrogens is 419 g/mol. The minimum absolute atomic E-state index is 0.0393. The number of carbonyl (C=O) groups is 1. The van der Waals surface area contributed by atoms with E-state index in [2.05, 4.69) is 10.6 Å². The van der Waals surface area contributed by atoms with Crippen LogP contribution in [-0.4, -0.2) is 23.8 Å². The summed E-state index contributed by atoms with van der Waals surface area (Å²) in [6.07, 6.45) is 3.11. The van der Waals surface area contributed by atoms with E-state index < -0.39 is 11.4 Å². The van der Waals surface area contributed by atoms with Crippen LogP contribution in [0.4, 0.5) is 9.18 Å². The Hall–Kier alpha value is -2.31. The van der Waals surface area contributed by atoms with Gasteiger partial charge in [0, 0.05) is 24.2 Å². The Kier molecular flexibility index (Phi) is 7.79. The van der Waals surface area contributed by atoms with Crippen LogP contribution in [0.5, 0.6) is 11.5 Å². The van der Waals surface area contributed by atoms with Crippen LogP contribution < -0.4 is 15.4 Å². The number of ether oxygens (including phenoxy) is 2. The van der Waals surface area contributed by atoms with Gasteiger partial charge in [0.2, 0.25) is 0 Å². The monoisotopic (exact) mass is 448 g/mol. The van der Waals surface area contributed by atoms with Gasteiger partial charge in [-0.3, -0.25) is 0 Å². The van der Waals surface area contributed by atoms with E-state index in [1.54, 1.807) is 24.3 Å². The second-order valence-corrected chi connectivity index (χ2v) is 9.25. The van der Waals surface area contributed by atoms with E-state index in [1.807, 2.05) is 39.0 Å². The maximum absolute atomic E-state index is 15.0. The van der Waals surface area contributed by atoms with Gasteiger partial charge < -0.3 is 20.1 Å². The number of hydrogen-bond donors (Lipinski definition) is 2. The molecule has 0 atom stereocenters. The lowest BCUT2D eigenvalue weighted by molar-refractivity contribution is 0.0489. The van der Waals surface area contributed by atoms with Crippen LogP contribution in [0.15, 0.2) is 42.5 Å². The highest BCUT2D eigenvalue weighted by Gasteiger charge is 2.25. The molecule has 1 amide bonds. The van der Waals surface area contributed by atoms with Crippen molar-refractivity contribution >= 4 is 17.7 Å². The molecular formula is C24H30ClFN2O3. The van der Waals surface area contributed by atoms with Crippen LogP contribution in [-0.2, 0) is 11.3 Å². The van der Waals surface area contributed by atoms with Gasteiger partial charge in [-0.15, -0.1) is 0 Å². The third-order valence-electron chi connectivity index (χ3n) is 5.12. The number of alkyl carbamates (subject to hydrolysis) is 1. The Labute approximate surface area is 188 Å². The van der Waals surface area contributed by atoms with Crippen LogP contribution in [0.3, 0.4) is 0 Å². The first-order valence-electron chi connectivity index (χ1n) is 10.6. The molecule has 2 aromatic rings. The number of benzene rings is 2. The lowest BCUT2D eigenvalue weighted by Crippen LogP contribution is -2.43. The summed E-state index contributed by atoms with van der Waals surface area (Å²) in [7, 11) is 0. The zero-order valence-electron chi connectivity index (χ0n) is 18.2. The SMILES string of the molecule is CC(C)(C)OC(=O)NC1CCC(NCc2ccc(Cl)c(Oc3ccccc3)c2F)CC1. The fraction of sp³-hybridized carbons (Fsp3) is 0.458. The lowest BCUT2D eigenvalue weighted by Gasteiger charge is -2.30. The number of amides is 1. The molecule has 1 aliphatic rings. The van der Waals surface area contributed by atoms with Crippen LogP contribution in [0, 0.1) is 5.82 Å². The van der Waals surface area contributed by atoms with Gasteiger partial charge in [0.15, 0.2) is 11.6 Å². The highest BCUT2D eigenvalue weighted by molar-refractivity contribution is 6.32. The predicted molar refractivity (Wildman–Crippen MR) is 120 cm³/mol. The number of hydrogen-bond acceptors (Lipinski definition) is 4. The minimum atomic E-state index is -0.505. The van der Waals surface area contributed by atoms with Crippen LogP contribution in [0.25, 0.3) is 0 Å². The van der Waals surface area contributed by atoms with E-state index in [4.69, 9.17) is 21.1 Å². The molecule has 0 spiro atoms. The summed E-state index contributed by atoms with van der Waals surface area (Å²) in [5.41, 5.74) is -0.00137. The quantitative estimate of drug-likeness (QED) is 0.552. The number of carbonyl (C=O) groups excluding carboxylic acids is 1. The summed E-state index contributed by atoms with van der Waals surface area (Å²) in [5.74, 6) is 0.116. The van der Waals surface area contributed by atoms with Crippen molar-refractivity contribution in [3.05, 3.63) is 58.9 Å². The fourth-order valence-electron chi connectivity index (χ4n) is 3.58. The molecule has 0 bridgehead atoms. The molecule has 0 aliphatic heterocycles. The molecule has 5 nitrogen and oxygen atoms in total. The molecule has 0 saturated heterocycles. The second kappa shape index (κ2) is 10.3. The van der Waals surface area contributed by atoms with Crippen molar-refractivity contribution in [2.75, 3.05) is 0 Å². The Morgan fingerprint density at radius 1 is 1.06 bits per heavy atom. The van der Waals surface area contributed by atoms with Gasteiger partial charge in [0.25, 0.3) is 0 Å². The summed E-state index contributed by atoms with van der Waals surface area (Å²) in [6, 6.07) is 12.7. The molecule has 168 valence electrons. The molecule has 0 radical (unpaired) electrons. The summed E-state index contributed by atoms with van der Waals surface area (Å²) in [4.78, 5) is 11.9. The first-order valence-corrected chi connectivity index (χ1v) is 11.0. The number of nitrogens with one attached hydrogen (secondary N) is 2. The molecule has 0 unspecified atom stereocenters. The van der Waals surface area contributed by atoms with Gasteiger partial charge in [0.1, 0.15) is 11.4 Å². The maximum atomic E-state index is 15.0. The number of halogens is 2. The molecule has 1 aliphatic carbocycles. The molecule has 1 saturated carbocycles. The topological polar surface area (TPSA) is 59.6 Å². The fourth-order valence-corrected chi connectivity index (χ4v) is 3.76. The standard InChI is InChI=1S/C24H30ClFN2O3/c1-24(2,3)31-23(29)28-18-12-10-17(11-13-18)27-15-16-9-14-20(25)22(21(16)26)30-19-7-5-4-6-8-19/h4-9,14,17-18,27H,10-13,15H2,1-3H3,(H,28,29). The second-order valence-electron chi connectivity index (χ2n) is 8.84. The zero-order valence-corrected chi connectivity index (χ0v) is 19.0. The summed E-state index contributed by atoms with van der Waals surface area (Å²) >= 11 is 6.17. The highest BCUT2D eigenvalue weighted by atomic mass is 35.5. The Morgan fingerprint density at radius 2 is 1.71 bits per heavy atom. The molecule has 31 heavy (non-hydrogen) atoms. The average Bonchev–Trinajstić information content (AvgIpc) is 2.71. The van der Waals surface area contributed by atoms with Crippen molar-refractivity contribution in [3.8, 4) is 11.5 Å². The van der Waals surface area contributed by atoms with Gasteiger partial charge in [-0.05, 0) is 64.7 Å². The predicted octanol–water partition coefficient (Wildman–Crippen LogP) is 6.20. The average molecular weight is 449 g/mol. The van der Waals surface area contributed by atoms with Gasteiger partial charge in [0.05, 0.1) is 5.02 Å². The number of para-hydroxylation sites is 1. The largest absolute Gasteiger partial charge is 0.453 e. The molecule has 0 aromatic heterocycles. The third kappa shape index (κ3) is 7.11. The first kappa shape index (κ1) is 23.4. The van der Waals surface area contributed by atoms with Crippen molar-refractivity contribution in [2.24, 2.45) is 0 Å². The minimum Gasteiger partial charge on any atom is -0.453 e. The Morgan fingerprint density at radius 3 is 2.35 bits per heavy atom. The van der Waals surface area contributed by atoms with E-state index in [-0.39, 0.29) is 28.9 Å². The van der Waals surface area contributed by atoms with E-state index in [9.17, 15) is 4.79 Å². The smallest absolute Gasteiger partial charge is 0.407 e. The molecule has 2 N–H and O–H groups in total. The molecule has 2 aromatic carbocycles. The lowest BCUT2D eigenvalue weighted by atomic mass is 9.91.